The van der Waals surface area contributed by atoms with Crippen molar-refractivity contribution < 1.29 is 4.39 Å². The van der Waals surface area contributed by atoms with Gasteiger partial charge in [0.15, 0.2) is 0 Å². The Morgan fingerprint density at radius 1 is 1.47 bits per heavy atom. The average molecular weight is 228 g/mol. The van der Waals surface area contributed by atoms with Crippen LogP contribution < -0.4 is 5.73 Å². The summed E-state index contributed by atoms with van der Waals surface area (Å²) in [7, 11) is 0. The number of rotatable bonds is 3. The Morgan fingerprint density at radius 2 is 2.13 bits per heavy atom. The molecule has 0 spiro atoms. The molecule has 82 valence electrons. The summed E-state index contributed by atoms with van der Waals surface area (Å²) >= 11 is 6.01. The maximum absolute atomic E-state index is 13.1. The van der Waals surface area contributed by atoms with Crippen LogP contribution in [0.2, 0.25) is 5.02 Å². The Labute approximate surface area is 94.4 Å². The van der Waals surface area contributed by atoms with E-state index in [1.54, 1.807) is 6.07 Å². The van der Waals surface area contributed by atoms with E-state index in [9.17, 15) is 4.39 Å². The van der Waals surface area contributed by atoms with E-state index in [0.29, 0.717) is 16.9 Å². The van der Waals surface area contributed by atoms with E-state index in [2.05, 4.69) is 6.92 Å². The first-order valence-electron chi connectivity index (χ1n) is 5.30. The van der Waals surface area contributed by atoms with Crippen molar-refractivity contribution in [1.82, 2.24) is 0 Å². The number of benzene rings is 1. The van der Waals surface area contributed by atoms with Crippen molar-refractivity contribution in [3.8, 4) is 0 Å². The average Bonchev–Trinajstić information content (AvgIpc) is 3.03. The maximum atomic E-state index is 13.1. The fourth-order valence-corrected chi connectivity index (χ4v) is 2.21. The van der Waals surface area contributed by atoms with Crippen molar-refractivity contribution in [2.45, 2.75) is 25.8 Å². The molecule has 0 saturated heterocycles. The summed E-state index contributed by atoms with van der Waals surface area (Å²) in [5.41, 5.74) is 6.83. The zero-order valence-electron chi connectivity index (χ0n) is 8.71. The largest absolute Gasteiger partial charge is 0.324 e. The van der Waals surface area contributed by atoms with Gasteiger partial charge in [-0.1, -0.05) is 18.5 Å². The van der Waals surface area contributed by atoms with Gasteiger partial charge in [-0.2, -0.15) is 0 Å². The van der Waals surface area contributed by atoms with Gasteiger partial charge < -0.3 is 5.73 Å². The molecule has 0 aromatic heterocycles. The third-order valence-corrected chi connectivity index (χ3v) is 3.59. The van der Waals surface area contributed by atoms with Gasteiger partial charge in [-0.05, 0) is 48.4 Å². The van der Waals surface area contributed by atoms with Crippen molar-refractivity contribution in [1.29, 1.82) is 0 Å². The molecule has 0 bridgehead atoms. The Bertz CT molecular complexity index is 363. The van der Waals surface area contributed by atoms with Crippen molar-refractivity contribution in [3.05, 3.63) is 34.6 Å². The second kappa shape index (κ2) is 4.11. The van der Waals surface area contributed by atoms with E-state index in [4.69, 9.17) is 17.3 Å². The Balaban J connectivity index is 2.23. The lowest BCUT2D eigenvalue weighted by Gasteiger charge is -2.20. The first kappa shape index (κ1) is 10.9. The number of nitrogens with two attached hydrogens (primary N) is 1. The fourth-order valence-electron chi connectivity index (χ4n) is 1.97. The molecule has 0 heterocycles. The predicted molar refractivity (Wildman–Crippen MR) is 60.2 cm³/mol. The molecule has 3 heteroatoms. The minimum absolute atomic E-state index is 0.152. The van der Waals surface area contributed by atoms with Crippen molar-refractivity contribution in [2.75, 3.05) is 0 Å². The highest BCUT2D eigenvalue weighted by molar-refractivity contribution is 6.31. The molecule has 0 radical (unpaired) electrons. The van der Waals surface area contributed by atoms with Crippen LogP contribution in [0.1, 0.15) is 31.4 Å². The van der Waals surface area contributed by atoms with Gasteiger partial charge in [0, 0.05) is 11.1 Å². The third-order valence-electron chi connectivity index (χ3n) is 3.25. The summed E-state index contributed by atoms with van der Waals surface area (Å²) in [6.45, 7) is 2.11. The minimum atomic E-state index is -0.271. The van der Waals surface area contributed by atoms with Crippen molar-refractivity contribution in [3.63, 3.8) is 0 Å². The van der Waals surface area contributed by atoms with E-state index in [1.807, 2.05) is 0 Å². The number of halogens is 2. The minimum Gasteiger partial charge on any atom is -0.324 e. The topological polar surface area (TPSA) is 26.0 Å². The van der Waals surface area contributed by atoms with Crippen molar-refractivity contribution in [2.24, 2.45) is 17.6 Å². The van der Waals surface area contributed by atoms with E-state index in [0.717, 1.165) is 5.56 Å². The molecular formula is C12H15ClFN. The molecule has 0 amide bonds. The molecule has 1 fully saturated rings. The number of hydrogen-bond acceptors (Lipinski definition) is 1. The van der Waals surface area contributed by atoms with Crippen LogP contribution in [-0.2, 0) is 0 Å². The van der Waals surface area contributed by atoms with Crippen LogP contribution in [0, 0.1) is 17.7 Å². The second-order valence-corrected chi connectivity index (χ2v) is 4.80. The lowest BCUT2D eigenvalue weighted by Crippen LogP contribution is -2.21. The standard InChI is InChI=1S/C12H15ClFN/c1-7(8-2-3-8)12(15)10-6-9(14)4-5-11(10)13/h4-8,12H,2-3,15H2,1H3. The summed E-state index contributed by atoms with van der Waals surface area (Å²) < 4.78 is 13.1. The summed E-state index contributed by atoms with van der Waals surface area (Å²) in [5, 5.41) is 0.566. The lowest BCUT2D eigenvalue weighted by atomic mass is 9.91. The van der Waals surface area contributed by atoms with E-state index < -0.39 is 0 Å². The smallest absolute Gasteiger partial charge is 0.123 e. The molecule has 2 unspecified atom stereocenters. The first-order valence-corrected chi connectivity index (χ1v) is 5.68. The molecule has 1 saturated carbocycles. The predicted octanol–water partition coefficient (Wildman–Crippen LogP) is 3.53. The Hall–Kier alpha value is -0.600. The number of hydrogen-bond donors (Lipinski definition) is 1. The van der Waals surface area contributed by atoms with Crippen LogP contribution in [0.4, 0.5) is 4.39 Å². The van der Waals surface area contributed by atoms with Crippen molar-refractivity contribution >= 4 is 11.6 Å². The lowest BCUT2D eigenvalue weighted by molar-refractivity contribution is 0.416. The highest BCUT2D eigenvalue weighted by atomic mass is 35.5. The van der Waals surface area contributed by atoms with E-state index in [-0.39, 0.29) is 11.9 Å². The van der Waals surface area contributed by atoms with Gasteiger partial charge in [0.1, 0.15) is 5.82 Å². The zero-order valence-corrected chi connectivity index (χ0v) is 9.47. The van der Waals surface area contributed by atoms with Crippen LogP contribution in [0.5, 0.6) is 0 Å². The summed E-state index contributed by atoms with van der Waals surface area (Å²) in [6.07, 6.45) is 2.48. The maximum Gasteiger partial charge on any atom is 0.123 e. The van der Waals surface area contributed by atoms with E-state index >= 15 is 0 Å². The molecule has 2 atom stereocenters. The van der Waals surface area contributed by atoms with Gasteiger partial charge in [0.2, 0.25) is 0 Å². The van der Waals surface area contributed by atoms with Crippen LogP contribution in [0.25, 0.3) is 0 Å². The molecule has 1 nitrogen and oxygen atoms in total. The van der Waals surface area contributed by atoms with Crippen LogP contribution in [0.15, 0.2) is 18.2 Å². The van der Waals surface area contributed by atoms with Gasteiger partial charge in [0.25, 0.3) is 0 Å². The molecule has 0 aliphatic heterocycles. The fraction of sp³-hybridized carbons (Fsp3) is 0.500. The van der Waals surface area contributed by atoms with Gasteiger partial charge in [0.05, 0.1) is 0 Å². The summed E-state index contributed by atoms with van der Waals surface area (Å²) in [5.74, 6) is 0.802. The second-order valence-electron chi connectivity index (χ2n) is 4.39. The monoisotopic (exact) mass is 227 g/mol. The Kier molecular flexibility index (Phi) is 2.98. The normalized spacial score (nSPS) is 20.0. The third kappa shape index (κ3) is 2.32. The molecule has 2 N–H and O–H groups in total. The highest BCUT2D eigenvalue weighted by Gasteiger charge is 2.33. The highest BCUT2D eigenvalue weighted by Crippen LogP contribution is 2.42. The molecule has 2 rings (SSSR count). The quantitative estimate of drug-likeness (QED) is 0.840. The van der Waals surface area contributed by atoms with Gasteiger partial charge in [-0.15, -0.1) is 0 Å². The van der Waals surface area contributed by atoms with Gasteiger partial charge in [-0.25, -0.2) is 4.39 Å². The molecule has 1 aliphatic carbocycles. The molecule has 1 aliphatic rings. The SMILES string of the molecule is CC(C1CC1)C(N)c1cc(F)ccc1Cl. The zero-order chi connectivity index (χ0) is 11.0. The summed E-state index contributed by atoms with van der Waals surface area (Å²) in [4.78, 5) is 0. The van der Waals surface area contributed by atoms with Crippen LogP contribution in [-0.4, -0.2) is 0 Å². The van der Waals surface area contributed by atoms with Crippen LogP contribution in [0.3, 0.4) is 0 Å². The summed E-state index contributed by atoms with van der Waals surface area (Å²) in [6, 6.07) is 4.23. The molecule has 1 aromatic carbocycles. The van der Waals surface area contributed by atoms with Crippen LogP contribution >= 0.6 is 11.6 Å². The van der Waals surface area contributed by atoms with Gasteiger partial charge >= 0.3 is 0 Å². The molecular weight excluding hydrogens is 213 g/mol. The Morgan fingerprint density at radius 3 is 2.73 bits per heavy atom. The first-order chi connectivity index (χ1) is 7.09. The molecule has 1 aromatic rings. The van der Waals surface area contributed by atoms with Gasteiger partial charge in [-0.3, -0.25) is 0 Å². The molecule has 15 heavy (non-hydrogen) atoms. The van der Waals surface area contributed by atoms with E-state index in [1.165, 1.54) is 25.0 Å².